The molecule has 0 spiro atoms. The second kappa shape index (κ2) is 8.58. The second-order valence-electron chi connectivity index (χ2n) is 5.18. The summed E-state index contributed by atoms with van der Waals surface area (Å²) in [5, 5.41) is 3.21. The van der Waals surface area contributed by atoms with Gasteiger partial charge in [-0.15, -0.1) is 0 Å². The van der Waals surface area contributed by atoms with Crippen molar-refractivity contribution in [2.45, 2.75) is 25.8 Å². The first kappa shape index (κ1) is 18.1. The third kappa shape index (κ3) is 4.89. The quantitative estimate of drug-likeness (QED) is 0.568. The molecule has 1 aromatic heterocycles. The third-order valence-electron chi connectivity index (χ3n) is 3.47. The summed E-state index contributed by atoms with van der Waals surface area (Å²) in [5.41, 5.74) is 0.437. The lowest BCUT2D eigenvalue weighted by Gasteiger charge is -2.08. The Hall–Kier alpha value is -2.22. The van der Waals surface area contributed by atoms with Gasteiger partial charge in [0, 0.05) is 30.4 Å². The number of methoxy groups -OCH3 is 1. The van der Waals surface area contributed by atoms with Crippen molar-refractivity contribution in [3.8, 4) is 0 Å². The van der Waals surface area contributed by atoms with Gasteiger partial charge in [0.25, 0.3) is 5.56 Å². The lowest BCUT2D eigenvalue weighted by molar-refractivity contribution is -0.140. The smallest absolute Gasteiger partial charge is 0.305 e. The molecule has 7 nitrogen and oxygen atoms in total. The number of carbonyl (C=O) groups is 2. The fourth-order valence-corrected chi connectivity index (χ4v) is 2.52. The van der Waals surface area contributed by atoms with Crippen LogP contribution in [0.3, 0.4) is 0 Å². The Balaban J connectivity index is 1.89. The molecular formula is C16H18BrN3O4. The number of nitrogens with one attached hydrogen (secondary N) is 1. The van der Waals surface area contributed by atoms with Crippen LogP contribution in [0.25, 0.3) is 10.9 Å². The number of benzene rings is 1. The van der Waals surface area contributed by atoms with Crippen molar-refractivity contribution in [2.75, 3.05) is 13.7 Å². The molecule has 0 saturated heterocycles. The number of aryl methyl sites for hydroxylation is 1. The van der Waals surface area contributed by atoms with Crippen LogP contribution in [0.5, 0.6) is 0 Å². The maximum atomic E-state index is 12.4. The highest BCUT2D eigenvalue weighted by atomic mass is 79.9. The highest BCUT2D eigenvalue weighted by molar-refractivity contribution is 9.10. The summed E-state index contributed by atoms with van der Waals surface area (Å²) in [6, 6.07) is 5.30. The van der Waals surface area contributed by atoms with E-state index in [2.05, 4.69) is 31.0 Å². The summed E-state index contributed by atoms with van der Waals surface area (Å²) in [7, 11) is 1.33. The number of ether oxygens (including phenoxy) is 1. The van der Waals surface area contributed by atoms with Gasteiger partial charge in [-0.25, -0.2) is 4.98 Å². The number of aromatic nitrogens is 2. The van der Waals surface area contributed by atoms with E-state index in [9.17, 15) is 14.4 Å². The summed E-state index contributed by atoms with van der Waals surface area (Å²) in [6.07, 6.45) is 2.39. The van der Waals surface area contributed by atoms with Crippen LogP contribution in [0.15, 0.2) is 33.8 Å². The van der Waals surface area contributed by atoms with Gasteiger partial charge >= 0.3 is 5.97 Å². The molecule has 2 rings (SSSR count). The van der Waals surface area contributed by atoms with E-state index in [4.69, 9.17) is 0 Å². The van der Waals surface area contributed by atoms with Crippen molar-refractivity contribution in [2.24, 2.45) is 0 Å². The van der Waals surface area contributed by atoms with Crippen molar-refractivity contribution < 1.29 is 14.3 Å². The molecule has 2 aromatic rings. The Morgan fingerprint density at radius 2 is 2.12 bits per heavy atom. The van der Waals surface area contributed by atoms with E-state index in [1.807, 2.05) is 6.07 Å². The number of hydrogen-bond donors (Lipinski definition) is 1. The van der Waals surface area contributed by atoms with Crippen LogP contribution in [-0.4, -0.2) is 35.1 Å². The molecule has 0 atom stereocenters. The fourth-order valence-electron chi connectivity index (χ4n) is 2.16. The van der Waals surface area contributed by atoms with Gasteiger partial charge in [0.2, 0.25) is 5.91 Å². The van der Waals surface area contributed by atoms with Gasteiger partial charge in [-0.1, -0.05) is 15.9 Å². The van der Waals surface area contributed by atoms with Crippen LogP contribution in [0.4, 0.5) is 0 Å². The number of fused-ring (bicyclic) bond motifs is 1. The number of halogens is 1. The number of rotatable bonds is 7. The Morgan fingerprint density at radius 1 is 1.33 bits per heavy atom. The molecule has 0 fully saturated rings. The highest BCUT2D eigenvalue weighted by Gasteiger charge is 2.07. The Bertz CT molecular complexity index is 803. The third-order valence-corrected chi connectivity index (χ3v) is 3.97. The number of hydrogen-bond acceptors (Lipinski definition) is 5. The minimum atomic E-state index is -0.302. The second-order valence-corrected chi connectivity index (χ2v) is 6.10. The molecule has 0 saturated carbocycles. The molecule has 24 heavy (non-hydrogen) atoms. The molecule has 0 bridgehead atoms. The van der Waals surface area contributed by atoms with Gasteiger partial charge in [0.15, 0.2) is 0 Å². The van der Waals surface area contributed by atoms with E-state index < -0.39 is 0 Å². The highest BCUT2D eigenvalue weighted by Crippen LogP contribution is 2.14. The molecule has 0 aliphatic rings. The van der Waals surface area contributed by atoms with E-state index in [-0.39, 0.29) is 36.8 Å². The van der Waals surface area contributed by atoms with Gasteiger partial charge in [0.05, 0.1) is 24.3 Å². The van der Waals surface area contributed by atoms with Crippen molar-refractivity contribution in [3.05, 3.63) is 39.4 Å². The molecule has 0 aliphatic carbocycles. The minimum Gasteiger partial charge on any atom is -0.469 e. The lowest BCUT2D eigenvalue weighted by Crippen LogP contribution is -2.28. The molecule has 1 amide bonds. The summed E-state index contributed by atoms with van der Waals surface area (Å²) in [4.78, 5) is 39.3. The van der Waals surface area contributed by atoms with Crippen LogP contribution in [0.1, 0.15) is 19.3 Å². The molecule has 0 radical (unpaired) electrons. The van der Waals surface area contributed by atoms with Crippen molar-refractivity contribution >= 4 is 38.7 Å². The summed E-state index contributed by atoms with van der Waals surface area (Å²) < 4.78 is 6.74. The van der Waals surface area contributed by atoms with Crippen molar-refractivity contribution in [1.29, 1.82) is 0 Å². The van der Waals surface area contributed by atoms with E-state index in [0.717, 1.165) is 4.47 Å². The van der Waals surface area contributed by atoms with E-state index in [1.54, 1.807) is 12.1 Å². The molecule has 1 heterocycles. The van der Waals surface area contributed by atoms with Crippen LogP contribution in [-0.2, 0) is 20.9 Å². The predicted octanol–water partition coefficient (Wildman–Crippen LogP) is 1.62. The zero-order valence-corrected chi connectivity index (χ0v) is 14.8. The zero-order chi connectivity index (χ0) is 17.5. The van der Waals surface area contributed by atoms with Gasteiger partial charge in [-0.3, -0.25) is 19.0 Å². The Morgan fingerprint density at radius 3 is 2.88 bits per heavy atom. The number of nitrogens with zero attached hydrogens (tertiary/aromatic N) is 2. The Kier molecular flexibility index (Phi) is 6.48. The molecule has 128 valence electrons. The SMILES string of the molecule is COC(=O)CCCNC(=O)CCn1cnc2ccc(Br)cc2c1=O. The number of esters is 1. The maximum absolute atomic E-state index is 12.4. The molecule has 8 heteroatoms. The van der Waals surface area contributed by atoms with Crippen molar-refractivity contribution in [3.63, 3.8) is 0 Å². The van der Waals surface area contributed by atoms with Crippen LogP contribution in [0.2, 0.25) is 0 Å². The summed E-state index contributed by atoms with van der Waals surface area (Å²) in [6.45, 7) is 0.642. The molecule has 1 N–H and O–H groups in total. The van der Waals surface area contributed by atoms with E-state index in [0.29, 0.717) is 23.9 Å². The fraction of sp³-hybridized carbons (Fsp3) is 0.375. The predicted molar refractivity (Wildman–Crippen MR) is 92.6 cm³/mol. The molecule has 0 aliphatic heterocycles. The van der Waals surface area contributed by atoms with Gasteiger partial charge < -0.3 is 10.1 Å². The van der Waals surface area contributed by atoms with Gasteiger partial charge in [-0.2, -0.15) is 0 Å². The van der Waals surface area contributed by atoms with E-state index >= 15 is 0 Å². The summed E-state index contributed by atoms with van der Waals surface area (Å²) in [5.74, 6) is -0.481. The standard InChI is InChI=1S/C16H18BrN3O4/c1-24-15(22)3-2-7-18-14(21)6-8-20-10-19-13-5-4-11(17)9-12(13)16(20)23/h4-5,9-10H,2-3,6-8H2,1H3,(H,18,21). The van der Waals surface area contributed by atoms with E-state index in [1.165, 1.54) is 18.0 Å². The number of carbonyl (C=O) groups excluding carboxylic acids is 2. The lowest BCUT2D eigenvalue weighted by atomic mass is 10.2. The first-order chi connectivity index (χ1) is 11.5. The maximum Gasteiger partial charge on any atom is 0.305 e. The van der Waals surface area contributed by atoms with Crippen LogP contribution < -0.4 is 10.9 Å². The first-order valence-electron chi connectivity index (χ1n) is 7.49. The topological polar surface area (TPSA) is 90.3 Å². The normalized spacial score (nSPS) is 10.6. The number of amides is 1. The van der Waals surface area contributed by atoms with Gasteiger partial charge in [-0.05, 0) is 24.6 Å². The summed E-state index contributed by atoms with van der Waals surface area (Å²) >= 11 is 3.33. The van der Waals surface area contributed by atoms with Crippen LogP contribution in [0, 0.1) is 0 Å². The first-order valence-corrected chi connectivity index (χ1v) is 8.29. The zero-order valence-electron chi connectivity index (χ0n) is 13.3. The minimum absolute atomic E-state index is 0.166. The van der Waals surface area contributed by atoms with Gasteiger partial charge in [0.1, 0.15) is 0 Å². The molecule has 0 unspecified atom stereocenters. The molecule has 1 aromatic carbocycles. The average molecular weight is 396 g/mol. The van der Waals surface area contributed by atoms with Crippen molar-refractivity contribution in [1.82, 2.24) is 14.9 Å². The molecular weight excluding hydrogens is 378 g/mol. The van der Waals surface area contributed by atoms with Crippen LogP contribution >= 0.6 is 15.9 Å². The average Bonchev–Trinajstić information content (AvgIpc) is 2.58. The monoisotopic (exact) mass is 395 g/mol. The Labute approximate surface area is 147 Å². The largest absolute Gasteiger partial charge is 0.469 e.